The Labute approximate surface area is 152 Å². The van der Waals surface area contributed by atoms with Crippen molar-refractivity contribution in [2.24, 2.45) is 0 Å². The Morgan fingerprint density at radius 2 is 1.50 bits per heavy atom. The number of hydrogen-bond donors (Lipinski definition) is 0. The summed E-state index contributed by atoms with van der Waals surface area (Å²) in [5.41, 5.74) is 1.45. The molecule has 0 bridgehead atoms. The molecule has 0 unspecified atom stereocenters. The maximum absolute atomic E-state index is 5.44. The molecule has 3 nitrogen and oxygen atoms in total. The van der Waals surface area contributed by atoms with Crippen LogP contribution in [0.15, 0.2) is 30.3 Å². The first-order valence-corrected chi connectivity index (χ1v) is 13.8. The summed E-state index contributed by atoms with van der Waals surface area (Å²) in [7, 11) is 0.830. The third-order valence-corrected chi connectivity index (χ3v) is 13.1. The van der Waals surface area contributed by atoms with Crippen molar-refractivity contribution in [3.05, 3.63) is 35.9 Å². The summed E-state index contributed by atoms with van der Waals surface area (Å²) in [6.45, 7) is 9.52. The van der Waals surface area contributed by atoms with Gasteiger partial charge >= 0.3 is 9.28 Å². The van der Waals surface area contributed by atoms with Gasteiger partial charge in [-0.2, -0.15) is 0 Å². The molecule has 0 spiro atoms. The smallest absolute Gasteiger partial charge is 0.320 e. The molecule has 0 aliphatic carbocycles. The zero-order valence-corrected chi connectivity index (χ0v) is 18.5. The summed E-state index contributed by atoms with van der Waals surface area (Å²) in [5.74, 6) is 0. The van der Waals surface area contributed by atoms with Crippen LogP contribution >= 0.6 is 0 Å². The van der Waals surface area contributed by atoms with Crippen LogP contribution in [0.3, 0.4) is 0 Å². The van der Waals surface area contributed by atoms with Crippen LogP contribution in [0.1, 0.15) is 39.2 Å². The van der Waals surface area contributed by atoms with Gasteiger partial charge < -0.3 is 13.4 Å². The zero-order chi connectivity index (χ0) is 17.8. The molecule has 0 saturated carbocycles. The van der Waals surface area contributed by atoms with E-state index < -0.39 is 17.5 Å². The number of nitrogens with zero attached hydrogens (tertiary/aromatic N) is 1. The Bertz CT molecular complexity index is 414. The fourth-order valence-corrected chi connectivity index (χ4v) is 8.93. The van der Waals surface area contributed by atoms with Crippen LogP contribution in [0.2, 0.25) is 24.2 Å². The van der Waals surface area contributed by atoms with Gasteiger partial charge in [0.15, 0.2) is 0 Å². The quantitative estimate of drug-likeness (QED) is 0.370. The summed E-state index contributed by atoms with van der Waals surface area (Å²) in [6, 6.07) is 16.1. The highest BCUT2D eigenvalue weighted by Gasteiger charge is 2.34. The Kier molecular flexibility index (Phi) is 10.8. The minimum Gasteiger partial charge on any atom is -0.400 e. The van der Waals surface area contributed by atoms with Gasteiger partial charge in [-0.1, -0.05) is 57.5 Å². The first-order valence-electron chi connectivity index (χ1n) is 9.50. The minimum atomic E-state index is -1.39. The number of benzene rings is 1. The maximum atomic E-state index is 5.44. The van der Waals surface area contributed by atoms with Crippen LogP contribution in [-0.2, 0) is 15.4 Å². The average Bonchev–Trinajstić information content (AvgIpc) is 2.64. The van der Waals surface area contributed by atoms with Gasteiger partial charge in [-0.25, -0.2) is 0 Å². The summed E-state index contributed by atoms with van der Waals surface area (Å²) in [6.07, 6.45) is 2.46. The van der Waals surface area contributed by atoms with Gasteiger partial charge in [-0.15, -0.1) is 0 Å². The first-order chi connectivity index (χ1) is 11.7. The van der Waals surface area contributed by atoms with E-state index in [0.717, 1.165) is 12.6 Å². The summed E-state index contributed by atoms with van der Waals surface area (Å²) < 4.78 is 13.7. The molecule has 24 heavy (non-hydrogen) atoms. The second-order valence-electron chi connectivity index (χ2n) is 6.59. The molecule has 1 rings (SSSR count). The van der Waals surface area contributed by atoms with Gasteiger partial charge in [0.25, 0.3) is 0 Å². The highest BCUT2D eigenvalue weighted by atomic mass is 28.3. The van der Waals surface area contributed by atoms with Gasteiger partial charge in [-0.05, 0) is 42.7 Å². The molecule has 0 amide bonds. The van der Waals surface area contributed by atoms with E-state index in [1.54, 1.807) is 14.2 Å². The number of rotatable bonds is 13. The standard InChI is InChI=1S/C19H37NO2Si2/c1-6-24(7-2,8-3)20(18-19-14-10-9-11-15-19)16-12-13-17-23(21-4)22-5/h9-11,14-15,23H,6-8,12-13,16-18H2,1-5H3. The largest absolute Gasteiger partial charge is 0.400 e. The van der Waals surface area contributed by atoms with Gasteiger partial charge in [0.05, 0.1) is 0 Å². The number of hydrogen-bond acceptors (Lipinski definition) is 3. The lowest BCUT2D eigenvalue weighted by Crippen LogP contribution is -2.52. The molecule has 1 aromatic carbocycles. The Morgan fingerprint density at radius 1 is 0.917 bits per heavy atom. The second-order valence-corrected chi connectivity index (χ2v) is 14.2. The fourth-order valence-electron chi connectivity index (χ4n) is 3.65. The lowest BCUT2D eigenvalue weighted by molar-refractivity contribution is 0.275. The SMILES string of the molecule is CC[Si](CC)(CC)N(CCCC[SiH](OC)OC)Cc1ccccc1. The van der Waals surface area contributed by atoms with Crippen molar-refractivity contribution in [2.45, 2.75) is 64.3 Å². The highest BCUT2D eigenvalue weighted by Crippen LogP contribution is 2.27. The van der Waals surface area contributed by atoms with Crippen LogP contribution in [0.25, 0.3) is 0 Å². The Balaban J connectivity index is 2.70. The molecule has 138 valence electrons. The molecule has 0 saturated heterocycles. The Hall–Kier alpha value is -0.466. The molecule has 0 atom stereocenters. The van der Waals surface area contributed by atoms with Crippen molar-refractivity contribution in [1.29, 1.82) is 0 Å². The van der Waals surface area contributed by atoms with Crippen molar-refractivity contribution in [3.63, 3.8) is 0 Å². The lowest BCUT2D eigenvalue weighted by atomic mass is 10.2. The molecule has 5 heteroatoms. The third-order valence-electron chi connectivity index (χ3n) is 5.51. The van der Waals surface area contributed by atoms with Gasteiger partial charge in [0, 0.05) is 20.8 Å². The molecule has 0 radical (unpaired) electrons. The van der Waals surface area contributed by atoms with Crippen LogP contribution in [-0.4, -0.2) is 42.8 Å². The minimum absolute atomic E-state index is 1.11. The normalized spacial score (nSPS) is 12.3. The summed E-state index contributed by atoms with van der Waals surface area (Å²) in [5, 5.41) is 0. The average molecular weight is 368 g/mol. The molecule has 0 N–H and O–H groups in total. The van der Waals surface area contributed by atoms with Crippen LogP contribution in [0, 0.1) is 0 Å². The topological polar surface area (TPSA) is 21.7 Å². The highest BCUT2D eigenvalue weighted by molar-refractivity contribution is 6.77. The molecule has 0 heterocycles. The van der Waals surface area contributed by atoms with Crippen molar-refractivity contribution in [1.82, 2.24) is 4.57 Å². The second kappa shape index (κ2) is 12.0. The Morgan fingerprint density at radius 3 is 2.00 bits per heavy atom. The van der Waals surface area contributed by atoms with Gasteiger partial charge in [0.2, 0.25) is 0 Å². The van der Waals surface area contributed by atoms with Gasteiger partial charge in [0.1, 0.15) is 8.24 Å². The van der Waals surface area contributed by atoms with Crippen molar-refractivity contribution < 1.29 is 8.85 Å². The summed E-state index contributed by atoms with van der Waals surface area (Å²) >= 11 is 0. The molecule has 0 fully saturated rings. The van der Waals surface area contributed by atoms with E-state index in [-0.39, 0.29) is 0 Å². The third kappa shape index (κ3) is 6.44. The molecule has 1 aromatic rings. The molecule has 0 aliphatic heterocycles. The van der Waals surface area contributed by atoms with Gasteiger partial charge in [-0.3, -0.25) is 0 Å². The van der Waals surface area contributed by atoms with E-state index >= 15 is 0 Å². The van der Waals surface area contributed by atoms with E-state index in [1.807, 2.05) is 0 Å². The lowest BCUT2D eigenvalue weighted by Gasteiger charge is -2.41. The molecular formula is C19H37NO2Si2. The fraction of sp³-hybridized carbons (Fsp3) is 0.684. The molecule has 0 aliphatic rings. The predicted octanol–water partition coefficient (Wildman–Crippen LogP) is 4.79. The maximum Gasteiger partial charge on any atom is 0.320 e. The van der Waals surface area contributed by atoms with E-state index in [9.17, 15) is 0 Å². The predicted molar refractivity (Wildman–Crippen MR) is 109 cm³/mol. The van der Waals surface area contributed by atoms with E-state index in [4.69, 9.17) is 8.85 Å². The van der Waals surface area contributed by atoms with Crippen molar-refractivity contribution >= 4 is 17.5 Å². The van der Waals surface area contributed by atoms with Crippen molar-refractivity contribution in [2.75, 3.05) is 20.8 Å². The van der Waals surface area contributed by atoms with Crippen LogP contribution in [0.4, 0.5) is 0 Å². The van der Waals surface area contributed by atoms with E-state index in [0.29, 0.717) is 0 Å². The zero-order valence-electron chi connectivity index (χ0n) is 16.4. The number of unbranched alkanes of at least 4 members (excludes halogenated alkanes) is 1. The van der Waals surface area contributed by atoms with E-state index in [2.05, 4.69) is 55.7 Å². The summed E-state index contributed by atoms with van der Waals surface area (Å²) in [4.78, 5) is 0. The van der Waals surface area contributed by atoms with Crippen molar-refractivity contribution in [3.8, 4) is 0 Å². The monoisotopic (exact) mass is 367 g/mol. The first kappa shape index (κ1) is 21.6. The molecular weight excluding hydrogens is 330 g/mol. The molecule has 0 aromatic heterocycles. The van der Waals surface area contributed by atoms with Crippen LogP contribution < -0.4 is 0 Å². The van der Waals surface area contributed by atoms with E-state index in [1.165, 1.54) is 43.1 Å². The van der Waals surface area contributed by atoms with Crippen LogP contribution in [0.5, 0.6) is 0 Å².